The predicted molar refractivity (Wildman–Crippen MR) is 170 cm³/mol. The summed E-state index contributed by atoms with van der Waals surface area (Å²) in [5.41, 5.74) is -0.910. The molecule has 0 saturated heterocycles. The molecule has 2 atom stereocenters. The summed E-state index contributed by atoms with van der Waals surface area (Å²) in [6, 6.07) is -0.811. The summed E-state index contributed by atoms with van der Waals surface area (Å²) in [5.74, 6) is -1.38. The smallest absolute Gasteiger partial charge is 0.329 e. The zero-order valence-electron chi connectivity index (χ0n) is 25.2. The largest absolute Gasteiger partial charge is 0.466 e. The predicted octanol–water partition coefficient (Wildman–Crippen LogP) is 7.66. The van der Waals surface area contributed by atoms with Crippen molar-refractivity contribution in [3.8, 4) is 0 Å². The molecule has 0 bridgehead atoms. The molecular formula is C30H46Br2F2N2O6. The van der Waals surface area contributed by atoms with E-state index in [-0.39, 0.29) is 37.4 Å². The number of hydrogen-bond donors (Lipinski definition) is 1. The van der Waals surface area contributed by atoms with Crippen LogP contribution in [-0.4, -0.2) is 34.7 Å². The maximum Gasteiger partial charge on any atom is 0.329 e. The lowest BCUT2D eigenvalue weighted by Crippen LogP contribution is -2.34. The lowest BCUT2D eigenvalue weighted by atomic mass is 9.99. The van der Waals surface area contributed by atoms with Crippen LogP contribution in [0.25, 0.3) is 0 Å². The van der Waals surface area contributed by atoms with E-state index in [1.54, 1.807) is 6.92 Å². The third kappa shape index (κ3) is 13.8. The molecule has 0 radical (unpaired) electrons. The highest BCUT2D eigenvalue weighted by atomic mass is 79.9. The van der Waals surface area contributed by atoms with Crippen LogP contribution in [0, 0.1) is 43.2 Å². The van der Waals surface area contributed by atoms with Crippen LogP contribution in [0.3, 0.4) is 0 Å². The number of nitrogens with zero attached hydrogens (tertiary/aromatic N) is 1. The molecule has 0 aliphatic heterocycles. The van der Waals surface area contributed by atoms with Crippen molar-refractivity contribution < 1.29 is 27.8 Å². The average molecular weight is 729 g/mol. The number of halogens is 4. The molecule has 240 valence electrons. The van der Waals surface area contributed by atoms with Crippen LogP contribution < -0.4 is 11.1 Å². The van der Waals surface area contributed by atoms with Crippen molar-refractivity contribution in [2.24, 2.45) is 17.8 Å². The van der Waals surface area contributed by atoms with Gasteiger partial charge in [-0.15, -0.1) is 0 Å². The average Bonchev–Trinajstić information content (AvgIpc) is 2.90. The van der Waals surface area contributed by atoms with Crippen molar-refractivity contribution in [1.29, 1.82) is 0 Å². The molecule has 2 aromatic heterocycles. The van der Waals surface area contributed by atoms with Gasteiger partial charge in [-0.1, -0.05) is 42.0 Å². The van der Waals surface area contributed by atoms with E-state index >= 15 is 0 Å². The number of nitrogens with one attached hydrogen (secondary N) is 1. The molecule has 0 fully saturated rings. The molecule has 2 heterocycles. The summed E-state index contributed by atoms with van der Waals surface area (Å²) in [4.78, 5) is 47.9. The molecule has 0 saturated carbocycles. The Hall–Kier alpha value is -2.34. The zero-order chi connectivity index (χ0) is 32.0. The van der Waals surface area contributed by atoms with Gasteiger partial charge in [0.15, 0.2) is 11.6 Å². The van der Waals surface area contributed by atoms with Gasteiger partial charge in [-0.25, -0.2) is 13.6 Å². The maximum absolute atomic E-state index is 13.9. The van der Waals surface area contributed by atoms with E-state index in [1.807, 2.05) is 27.7 Å². The topological polar surface area (TPSA) is 107 Å². The first-order valence-electron chi connectivity index (χ1n) is 13.4. The van der Waals surface area contributed by atoms with Crippen LogP contribution in [0.4, 0.5) is 8.78 Å². The van der Waals surface area contributed by atoms with Gasteiger partial charge in [0.1, 0.15) is 6.04 Å². The van der Waals surface area contributed by atoms with E-state index in [2.05, 4.69) is 50.7 Å². The molecule has 2 aromatic rings. The molecular weight excluding hydrogens is 682 g/mol. The first kappa shape index (κ1) is 41.8. The minimum Gasteiger partial charge on any atom is -0.466 e. The van der Waals surface area contributed by atoms with Crippen LogP contribution in [0.2, 0.25) is 0 Å². The Bertz CT molecular complexity index is 1260. The maximum atomic E-state index is 13.9. The van der Waals surface area contributed by atoms with Crippen molar-refractivity contribution in [1.82, 2.24) is 9.55 Å². The Morgan fingerprint density at radius 3 is 1.79 bits per heavy atom. The number of carbonyl (C=O) groups excluding carboxylic acids is 2. The third-order valence-corrected chi connectivity index (χ3v) is 7.31. The number of aromatic amines is 1. The Morgan fingerprint density at radius 2 is 1.33 bits per heavy atom. The molecule has 0 amide bonds. The molecule has 8 nitrogen and oxygen atoms in total. The van der Waals surface area contributed by atoms with Gasteiger partial charge in [0.25, 0.3) is 11.1 Å². The van der Waals surface area contributed by atoms with E-state index in [1.165, 1.54) is 26.2 Å². The van der Waals surface area contributed by atoms with Gasteiger partial charge in [-0.3, -0.25) is 19.0 Å². The number of hydrogen-bond acceptors (Lipinski definition) is 6. The second kappa shape index (κ2) is 20.5. The Morgan fingerprint density at radius 1 is 0.857 bits per heavy atom. The van der Waals surface area contributed by atoms with Crippen LogP contribution >= 0.6 is 31.9 Å². The van der Waals surface area contributed by atoms with Gasteiger partial charge in [0.2, 0.25) is 0 Å². The van der Waals surface area contributed by atoms with Gasteiger partial charge in [-0.05, 0) is 84.2 Å². The van der Waals surface area contributed by atoms with Crippen molar-refractivity contribution in [3.63, 3.8) is 0 Å². The van der Waals surface area contributed by atoms with Gasteiger partial charge in [0.05, 0.1) is 19.1 Å². The highest BCUT2D eigenvalue weighted by Gasteiger charge is 2.26. The summed E-state index contributed by atoms with van der Waals surface area (Å²) in [6.45, 7) is 17.3. The standard InChI is InChI=1S/C14H19BrFNO3.C9H18O2.C6H5BrFNO.CH4/c1-5-20-14(19)11(6-8(2)3)17-7-10(15)9(4)12(16)13(17)18;1-5-11-9(10)8(4)6-7(2)3;1-3-4(7)2-9-6(10)5(3)8;/h7-8,11H,5-6H2,1-4H3;7-8H,5-6H2,1-4H3;2H,1H3,(H,9,10);1H4. The first-order valence-corrected chi connectivity index (χ1v) is 15.0. The fourth-order valence-electron chi connectivity index (χ4n) is 3.56. The van der Waals surface area contributed by atoms with Crippen molar-refractivity contribution >= 4 is 43.8 Å². The lowest BCUT2D eigenvalue weighted by Gasteiger charge is -2.21. The number of pyridine rings is 2. The SMILES string of the molecule is C.CCOC(=O)C(C)CC(C)C.CCOC(=O)C(CC(C)C)n1cc(Br)c(C)c(F)c1=O.Cc1c(Br)c[nH]c(=O)c1F. The minimum absolute atomic E-state index is 0. The van der Waals surface area contributed by atoms with E-state index in [0.717, 1.165) is 11.0 Å². The highest BCUT2D eigenvalue weighted by molar-refractivity contribution is 9.10. The number of H-pyrrole nitrogens is 1. The Kier molecular flexibility index (Phi) is 20.4. The summed E-state index contributed by atoms with van der Waals surface area (Å²) in [6.07, 6.45) is 4.19. The fraction of sp³-hybridized carbons (Fsp3) is 0.600. The van der Waals surface area contributed by atoms with Crippen molar-refractivity contribution in [3.05, 3.63) is 64.8 Å². The molecule has 2 rings (SSSR count). The molecule has 12 heteroatoms. The van der Waals surface area contributed by atoms with Crippen LogP contribution in [0.5, 0.6) is 0 Å². The number of esters is 2. The van der Waals surface area contributed by atoms with Crippen LogP contribution in [0.1, 0.15) is 85.9 Å². The number of aromatic nitrogens is 2. The third-order valence-electron chi connectivity index (χ3n) is 5.68. The number of ether oxygens (including phenoxy) is 2. The minimum atomic E-state index is -0.850. The van der Waals surface area contributed by atoms with Crippen molar-refractivity contribution in [2.45, 2.75) is 88.6 Å². The Balaban J connectivity index is 0. The molecule has 0 aromatic carbocycles. The fourth-order valence-corrected chi connectivity index (χ4v) is 4.24. The quantitative estimate of drug-likeness (QED) is 0.266. The Labute approximate surface area is 264 Å². The molecule has 2 unspecified atom stereocenters. The molecule has 0 spiro atoms. The second-order valence-corrected chi connectivity index (χ2v) is 11.9. The highest BCUT2D eigenvalue weighted by Crippen LogP contribution is 2.22. The summed E-state index contributed by atoms with van der Waals surface area (Å²) in [7, 11) is 0. The van der Waals surface area contributed by atoms with Gasteiger partial charge in [0, 0.05) is 32.5 Å². The number of rotatable bonds is 9. The van der Waals surface area contributed by atoms with Gasteiger partial charge < -0.3 is 14.5 Å². The zero-order valence-corrected chi connectivity index (χ0v) is 28.4. The van der Waals surface area contributed by atoms with Crippen LogP contribution in [0.15, 0.2) is 30.9 Å². The summed E-state index contributed by atoms with van der Waals surface area (Å²) in [5, 5.41) is 0. The molecule has 1 N–H and O–H groups in total. The van der Waals surface area contributed by atoms with Gasteiger partial charge >= 0.3 is 11.9 Å². The summed E-state index contributed by atoms with van der Waals surface area (Å²) >= 11 is 6.27. The normalized spacial score (nSPS) is 11.8. The number of carbonyl (C=O) groups is 2. The monoisotopic (exact) mass is 726 g/mol. The first-order chi connectivity index (χ1) is 19.0. The van der Waals surface area contributed by atoms with Crippen LogP contribution in [-0.2, 0) is 19.1 Å². The van der Waals surface area contributed by atoms with E-state index in [9.17, 15) is 28.0 Å². The second-order valence-electron chi connectivity index (χ2n) is 10.2. The molecule has 0 aliphatic rings. The van der Waals surface area contributed by atoms with Gasteiger partial charge in [-0.2, -0.15) is 0 Å². The van der Waals surface area contributed by atoms with Crippen molar-refractivity contribution in [2.75, 3.05) is 13.2 Å². The van der Waals surface area contributed by atoms with E-state index in [0.29, 0.717) is 33.5 Å². The summed E-state index contributed by atoms with van der Waals surface area (Å²) < 4.78 is 38.5. The molecule has 42 heavy (non-hydrogen) atoms. The molecule has 0 aliphatic carbocycles. The van der Waals surface area contributed by atoms with E-state index < -0.39 is 34.8 Å². The van der Waals surface area contributed by atoms with E-state index in [4.69, 9.17) is 9.47 Å². The lowest BCUT2D eigenvalue weighted by molar-refractivity contribution is -0.148.